The number of hydrogen-bond donors (Lipinski definition) is 2. The first-order chi connectivity index (χ1) is 21.4. The van der Waals surface area contributed by atoms with Gasteiger partial charge in [0.1, 0.15) is 5.60 Å². The molecule has 7 rings (SSSR count). The summed E-state index contributed by atoms with van der Waals surface area (Å²) < 4.78 is 6.88. The lowest BCUT2D eigenvalue weighted by Gasteiger charge is -2.57. The Hall–Kier alpha value is -3.71. The number of benzene rings is 3. The number of esters is 1. The van der Waals surface area contributed by atoms with Crippen LogP contribution in [0.4, 0.5) is 5.69 Å². The molecule has 4 aromatic rings. The highest BCUT2D eigenvalue weighted by Gasteiger charge is 2.59. The summed E-state index contributed by atoms with van der Waals surface area (Å²) in [5.74, 6) is -0.240. The summed E-state index contributed by atoms with van der Waals surface area (Å²) in [6.07, 6.45) is 4.19. The SMILES string of the molecule is CCc1ccccc1NC1CC2(C(=O)OC(C)(C)C)CCC1(NC(=O)c1c(C)c(-c3ccccc3)nc3ccc(Br)cc13)CC2. The lowest BCUT2D eigenvalue weighted by molar-refractivity contribution is -0.175. The summed E-state index contributed by atoms with van der Waals surface area (Å²) in [7, 11) is 0. The normalized spacial score (nSPS) is 22.7. The van der Waals surface area contributed by atoms with Gasteiger partial charge in [0.15, 0.2) is 0 Å². The van der Waals surface area contributed by atoms with Crippen molar-refractivity contribution in [3.63, 3.8) is 0 Å². The molecule has 0 spiro atoms. The number of aryl methyl sites for hydroxylation is 1. The number of ether oxygens (including phenoxy) is 1. The molecule has 234 valence electrons. The third kappa shape index (κ3) is 5.99. The van der Waals surface area contributed by atoms with Crippen molar-refractivity contribution in [1.29, 1.82) is 0 Å². The summed E-state index contributed by atoms with van der Waals surface area (Å²) in [5, 5.41) is 8.22. The first-order valence-electron chi connectivity index (χ1n) is 16.0. The van der Waals surface area contributed by atoms with E-state index < -0.39 is 16.6 Å². The van der Waals surface area contributed by atoms with Gasteiger partial charge in [0.2, 0.25) is 0 Å². The van der Waals surface area contributed by atoms with E-state index in [1.54, 1.807) is 0 Å². The molecule has 7 heteroatoms. The Balaban J connectivity index is 1.41. The van der Waals surface area contributed by atoms with Crippen molar-refractivity contribution in [2.45, 2.75) is 90.3 Å². The maximum Gasteiger partial charge on any atom is 0.312 e. The molecule has 2 N–H and O–H groups in total. The van der Waals surface area contributed by atoms with Gasteiger partial charge in [-0.3, -0.25) is 9.59 Å². The average Bonchev–Trinajstić information content (AvgIpc) is 3.01. The number of rotatable bonds is 7. The number of amides is 1. The van der Waals surface area contributed by atoms with Crippen molar-refractivity contribution in [2.24, 2.45) is 5.41 Å². The van der Waals surface area contributed by atoms with Crippen LogP contribution in [0, 0.1) is 12.3 Å². The minimum Gasteiger partial charge on any atom is -0.460 e. The fourth-order valence-corrected chi connectivity index (χ4v) is 7.70. The second-order valence-electron chi connectivity index (χ2n) is 13.8. The van der Waals surface area contributed by atoms with Crippen LogP contribution in [-0.2, 0) is 16.0 Å². The van der Waals surface area contributed by atoms with Crippen LogP contribution in [0.3, 0.4) is 0 Å². The Bertz CT molecular complexity index is 1750. The molecule has 1 amide bonds. The van der Waals surface area contributed by atoms with Gasteiger partial charge in [-0.1, -0.05) is 71.4 Å². The third-order valence-corrected chi connectivity index (χ3v) is 10.2. The van der Waals surface area contributed by atoms with Gasteiger partial charge < -0.3 is 15.4 Å². The summed E-state index contributed by atoms with van der Waals surface area (Å²) in [6, 6.07) is 24.1. The van der Waals surface area contributed by atoms with Crippen LogP contribution in [-0.4, -0.2) is 34.0 Å². The highest BCUT2D eigenvalue weighted by atomic mass is 79.9. The first kappa shape index (κ1) is 31.3. The van der Waals surface area contributed by atoms with Crippen molar-refractivity contribution in [3.8, 4) is 11.3 Å². The molecule has 3 fully saturated rings. The largest absolute Gasteiger partial charge is 0.460 e. The Morgan fingerprint density at radius 2 is 1.67 bits per heavy atom. The number of carbonyl (C=O) groups is 2. The average molecular weight is 669 g/mol. The van der Waals surface area contributed by atoms with E-state index in [-0.39, 0.29) is 17.9 Å². The van der Waals surface area contributed by atoms with E-state index in [0.29, 0.717) is 37.7 Å². The Morgan fingerprint density at radius 3 is 2.36 bits per heavy atom. The molecule has 0 aliphatic heterocycles. The van der Waals surface area contributed by atoms with Gasteiger partial charge in [-0.15, -0.1) is 0 Å². The van der Waals surface area contributed by atoms with E-state index in [0.717, 1.165) is 44.3 Å². The monoisotopic (exact) mass is 667 g/mol. The fraction of sp³-hybridized carbons (Fsp3) is 0.395. The molecule has 1 unspecified atom stereocenters. The van der Waals surface area contributed by atoms with Crippen LogP contribution in [0.25, 0.3) is 22.2 Å². The number of para-hydroxylation sites is 1. The van der Waals surface area contributed by atoms with E-state index in [2.05, 4.69) is 51.7 Å². The van der Waals surface area contributed by atoms with Crippen LogP contribution in [0.15, 0.2) is 77.3 Å². The number of carbonyl (C=O) groups excluding carboxylic acids is 2. The Kier molecular flexibility index (Phi) is 8.27. The number of nitrogens with one attached hydrogen (secondary N) is 2. The zero-order valence-electron chi connectivity index (χ0n) is 26.8. The molecule has 1 heterocycles. The number of aromatic nitrogens is 1. The number of hydrogen-bond acceptors (Lipinski definition) is 5. The van der Waals surface area contributed by atoms with Gasteiger partial charge in [-0.25, -0.2) is 4.98 Å². The summed E-state index contributed by atoms with van der Waals surface area (Å²) >= 11 is 3.62. The van der Waals surface area contributed by atoms with Crippen molar-refractivity contribution in [2.75, 3.05) is 5.32 Å². The fourth-order valence-electron chi connectivity index (χ4n) is 7.33. The predicted octanol–water partition coefficient (Wildman–Crippen LogP) is 8.79. The molecular formula is C38H42BrN3O3. The van der Waals surface area contributed by atoms with Crippen LogP contribution in [0.5, 0.6) is 0 Å². The van der Waals surface area contributed by atoms with Crippen molar-refractivity contribution in [1.82, 2.24) is 10.3 Å². The highest BCUT2D eigenvalue weighted by Crippen LogP contribution is 2.54. The lowest BCUT2D eigenvalue weighted by Crippen LogP contribution is -2.68. The van der Waals surface area contributed by atoms with Crippen LogP contribution in [0.2, 0.25) is 0 Å². The molecular weight excluding hydrogens is 626 g/mol. The van der Waals surface area contributed by atoms with E-state index >= 15 is 0 Å². The number of nitrogens with zero attached hydrogens (tertiary/aromatic N) is 1. The van der Waals surface area contributed by atoms with Crippen molar-refractivity contribution < 1.29 is 14.3 Å². The maximum absolute atomic E-state index is 14.7. The first-order valence-corrected chi connectivity index (χ1v) is 16.8. The number of anilines is 1. The minimum absolute atomic E-state index is 0.113. The van der Waals surface area contributed by atoms with Gasteiger partial charge >= 0.3 is 5.97 Å². The second kappa shape index (κ2) is 11.9. The predicted molar refractivity (Wildman–Crippen MR) is 184 cm³/mol. The van der Waals surface area contributed by atoms with Crippen molar-refractivity contribution in [3.05, 3.63) is 94.0 Å². The summed E-state index contributed by atoms with van der Waals surface area (Å²) in [5.41, 5.74) is 4.60. The number of fused-ring (bicyclic) bond motifs is 4. The third-order valence-electron chi connectivity index (χ3n) is 9.75. The number of pyridine rings is 1. The molecule has 3 aliphatic rings. The van der Waals surface area contributed by atoms with Gasteiger partial charge in [0.25, 0.3) is 5.91 Å². The van der Waals surface area contributed by atoms with Gasteiger partial charge in [-0.05, 0) is 102 Å². The second-order valence-corrected chi connectivity index (χ2v) is 14.7. The van der Waals surface area contributed by atoms with Gasteiger partial charge in [0.05, 0.1) is 33.8 Å². The molecule has 0 radical (unpaired) electrons. The van der Waals surface area contributed by atoms with E-state index in [1.807, 2.05) is 82.3 Å². The Labute approximate surface area is 274 Å². The molecule has 0 saturated heterocycles. The maximum atomic E-state index is 14.7. The number of halogens is 1. The van der Waals surface area contributed by atoms with Gasteiger partial charge in [-0.2, -0.15) is 0 Å². The molecule has 3 saturated carbocycles. The standard InChI is InChI=1S/C38H42BrN3O3/c1-6-25-12-10-11-15-29(25)40-31-23-37(35(44)45-36(3,4)5)18-20-38(31,21-19-37)42-34(43)32-24(2)33(26-13-8-7-9-14-26)41-30-17-16-27(39)22-28(30)32/h7-17,22,31,40H,6,18-21,23H2,1-5H3,(H,42,43). The zero-order chi connectivity index (χ0) is 32.0. The van der Waals surface area contributed by atoms with Crippen LogP contribution >= 0.6 is 15.9 Å². The van der Waals surface area contributed by atoms with Crippen molar-refractivity contribution >= 4 is 44.4 Å². The highest BCUT2D eigenvalue weighted by molar-refractivity contribution is 9.10. The quantitative estimate of drug-likeness (QED) is 0.193. The summed E-state index contributed by atoms with van der Waals surface area (Å²) in [4.78, 5) is 33.4. The lowest BCUT2D eigenvalue weighted by atomic mass is 9.54. The molecule has 2 bridgehead atoms. The topological polar surface area (TPSA) is 80.3 Å². The van der Waals surface area contributed by atoms with Crippen LogP contribution < -0.4 is 10.6 Å². The van der Waals surface area contributed by atoms with E-state index in [4.69, 9.17) is 9.72 Å². The van der Waals surface area contributed by atoms with Crippen LogP contribution in [0.1, 0.15) is 81.3 Å². The zero-order valence-corrected chi connectivity index (χ0v) is 28.4. The Morgan fingerprint density at radius 1 is 0.978 bits per heavy atom. The van der Waals surface area contributed by atoms with E-state index in [1.165, 1.54) is 5.56 Å². The molecule has 3 aromatic carbocycles. The molecule has 1 aromatic heterocycles. The molecule has 6 nitrogen and oxygen atoms in total. The summed E-state index contributed by atoms with van der Waals surface area (Å²) in [6.45, 7) is 9.91. The smallest absolute Gasteiger partial charge is 0.312 e. The van der Waals surface area contributed by atoms with Gasteiger partial charge in [0, 0.05) is 21.1 Å². The van der Waals surface area contributed by atoms with E-state index in [9.17, 15) is 9.59 Å². The molecule has 3 aliphatic carbocycles. The minimum atomic E-state index is -0.580. The molecule has 1 atom stereocenters. The molecule has 45 heavy (non-hydrogen) atoms.